The van der Waals surface area contributed by atoms with Crippen LogP contribution in [-0.2, 0) is 9.59 Å². The molecule has 8 heteroatoms. The van der Waals surface area contributed by atoms with Crippen molar-refractivity contribution in [3.8, 4) is 0 Å². The van der Waals surface area contributed by atoms with Crippen molar-refractivity contribution in [2.45, 2.75) is 82.0 Å². The summed E-state index contributed by atoms with van der Waals surface area (Å²) >= 11 is 0. The molecule has 5 rings (SSSR count). The zero-order valence-corrected chi connectivity index (χ0v) is 22.4. The quantitative estimate of drug-likeness (QED) is 0.581. The molecule has 7 nitrogen and oxygen atoms in total. The average Bonchev–Trinajstić information content (AvgIpc) is 3.49. The van der Waals surface area contributed by atoms with Crippen LogP contribution in [-0.4, -0.2) is 58.9 Å². The van der Waals surface area contributed by atoms with Crippen LogP contribution < -0.4 is 11.1 Å². The number of carbonyl (C=O) groups is 3. The third kappa shape index (κ3) is 6.16. The van der Waals surface area contributed by atoms with E-state index in [1.54, 1.807) is 4.90 Å². The molecule has 2 atom stereocenters. The Bertz CT molecular complexity index is 1140. The standard InChI is InChI=1S/C31H39FN4O3/c32-24-13-11-23(12-14-24)30(38)35-19-6-20-36(29(35)28(37)34-26-17-15-25(33)16-18-26)31(39)27(22-9-4-5-10-22)21-7-2-1-3-8-21/h1-3,7-8,11-14,22,25-27,29H,4-6,9-10,15-20,33H2,(H,34,37). The molecular formula is C31H39FN4O3. The Morgan fingerprint density at radius 2 is 1.46 bits per heavy atom. The summed E-state index contributed by atoms with van der Waals surface area (Å²) in [5, 5.41) is 3.15. The van der Waals surface area contributed by atoms with Crippen LogP contribution in [0.1, 0.15) is 79.6 Å². The molecule has 2 aromatic carbocycles. The summed E-state index contributed by atoms with van der Waals surface area (Å²) in [5.74, 6) is -1.42. The minimum absolute atomic E-state index is 0.0429. The van der Waals surface area contributed by atoms with Crippen molar-refractivity contribution < 1.29 is 18.8 Å². The highest BCUT2D eigenvalue weighted by Crippen LogP contribution is 2.39. The van der Waals surface area contributed by atoms with Crippen molar-refractivity contribution in [2.75, 3.05) is 13.1 Å². The molecule has 3 aliphatic rings. The Morgan fingerprint density at radius 1 is 0.821 bits per heavy atom. The van der Waals surface area contributed by atoms with Crippen LogP contribution in [0, 0.1) is 11.7 Å². The van der Waals surface area contributed by atoms with E-state index in [9.17, 15) is 18.8 Å². The van der Waals surface area contributed by atoms with Crippen LogP contribution in [0.5, 0.6) is 0 Å². The van der Waals surface area contributed by atoms with Gasteiger partial charge >= 0.3 is 0 Å². The number of hydrogen-bond acceptors (Lipinski definition) is 4. The van der Waals surface area contributed by atoms with E-state index in [2.05, 4.69) is 5.32 Å². The number of nitrogens with zero attached hydrogens (tertiary/aromatic N) is 2. The number of nitrogens with two attached hydrogens (primary N) is 1. The lowest BCUT2D eigenvalue weighted by atomic mass is 9.83. The molecule has 1 saturated heterocycles. The molecule has 3 amide bonds. The maximum absolute atomic E-state index is 14.4. The van der Waals surface area contributed by atoms with Gasteiger partial charge in [0.05, 0.1) is 5.92 Å². The third-order valence-corrected chi connectivity index (χ3v) is 8.67. The van der Waals surface area contributed by atoms with Gasteiger partial charge in [0.25, 0.3) is 11.8 Å². The minimum atomic E-state index is -1.06. The molecule has 0 radical (unpaired) electrons. The van der Waals surface area contributed by atoms with Gasteiger partial charge in [-0.3, -0.25) is 14.4 Å². The van der Waals surface area contributed by atoms with Gasteiger partial charge in [-0.2, -0.15) is 0 Å². The molecule has 2 unspecified atom stereocenters. The second kappa shape index (κ2) is 12.3. The van der Waals surface area contributed by atoms with E-state index < -0.39 is 12.0 Å². The van der Waals surface area contributed by atoms with Gasteiger partial charge in [-0.1, -0.05) is 43.2 Å². The molecule has 3 fully saturated rings. The largest absolute Gasteiger partial charge is 0.350 e. The number of rotatable bonds is 6. The Balaban J connectivity index is 1.47. The van der Waals surface area contributed by atoms with Crippen molar-refractivity contribution in [3.63, 3.8) is 0 Å². The van der Waals surface area contributed by atoms with Gasteiger partial charge < -0.3 is 20.9 Å². The highest BCUT2D eigenvalue weighted by atomic mass is 19.1. The van der Waals surface area contributed by atoms with Crippen molar-refractivity contribution in [2.24, 2.45) is 11.7 Å². The smallest absolute Gasteiger partial charge is 0.264 e. The third-order valence-electron chi connectivity index (χ3n) is 8.67. The molecule has 3 N–H and O–H groups in total. The first-order valence-electron chi connectivity index (χ1n) is 14.4. The van der Waals surface area contributed by atoms with E-state index in [-0.39, 0.29) is 41.6 Å². The Morgan fingerprint density at radius 3 is 2.13 bits per heavy atom. The first kappa shape index (κ1) is 27.3. The molecule has 2 aliphatic carbocycles. The first-order valence-corrected chi connectivity index (χ1v) is 14.4. The molecule has 39 heavy (non-hydrogen) atoms. The monoisotopic (exact) mass is 534 g/mol. The lowest BCUT2D eigenvalue weighted by Crippen LogP contribution is -2.65. The lowest BCUT2D eigenvalue weighted by Gasteiger charge is -2.45. The highest BCUT2D eigenvalue weighted by Gasteiger charge is 2.45. The molecule has 1 heterocycles. The molecule has 0 spiro atoms. The second-order valence-corrected chi connectivity index (χ2v) is 11.3. The predicted molar refractivity (Wildman–Crippen MR) is 147 cm³/mol. The van der Waals surface area contributed by atoms with Gasteiger partial charge in [-0.15, -0.1) is 0 Å². The number of hydrogen-bond donors (Lipinski definition) is 2. The Kier molecular flexibility index (Phi) is 8.60. The summed E-state index contributed by atoms with van der Waals surface area (Å²) in [6.07, 6.45) is 6.81. The number of benzene rings is 2. The molecule has 0 aromatic heterocycles. The van der Waals surface area contributed by atoms with Crippen LogP contribution in [0.2, 0.25) is 0 Å². The first-order chi connectivity index (χ1) is 18.9. The van der Waals surface area contributed by atoms with E-state index in [0.29, 0.717) is 25.1 Å². The van der Waals surface area contributed by atoms with Gasteiger partial charge in [0.2, 0.25) is 5.91 Å². The summed E-state index contributed by atoms with van der Waals surface area (Å²) in [6, 6.07) is 15.3. The fraction of sp³-hybridized carbons (Fsp3) is 0.516. The fourth-order valence-electron chi connectivity index (χ4n) is 6.59. The van der Waals surface area contributed by atoms with Gasteiger partial charge in [0, 0.05) is 30.7 Å². The molecule has 2 aromatic rings. The highest BCUT2D eigenvalue weighted by molar-refractivity contribution is 5.99. The van der Waals surface area contributed by atoms with Crippen LogP contribution >= 0.6 is 0 Å². The molecule has 208 valence electrons. The summed E-state index contributed by atoms with van der Waals surface area (Å²) < 4.78 is 13.6. The summed E-state index contributed by atoms with van der Waals surface area (Å²) in [7, 11) is 0. The Labute approximate surface area is 229 Å². The predicted octanol–water partition coefficient (Wildman–Crippen LogP) is 4.19. The lowest BCUT2D eigenvalue weighted by molar-refractivity contribution is -0.151. The average molecular weight is 535 g/mol. The van der Waals surface area contributed by atoms with Gasteiger partial charge in [-0.25, -0.2) is 4.39 Å². The van der Waals surface area contributed by atoms with Gasteiger partial charge in [-0.05, 0) is 80.7 Å². The normalized spacial score (nSPS) is 24.8. The van der Waals surface area contributed by atoms with Crippen molar-refractivity contribution in [1.29, 1.82) is 0 Å². The molecule has 1 aliphatic heterocycles. The maximum atomic E-state index is 14.4. The molecule has 0 bridgehead atoms. The van der Waals surface area contributed by atoms with Gasteiger partial charge in [0.1, 0.15) is 5.82 Å². The zero-order chi connectivity index (χ0) is 27.4. The van der Waals surface area contributed by atoms with E-state index >= 15 is 0 Å². The van der Waals surface area contributed by atoms with Crippen LogP contribution in [0.25, 0.3) is 0 Å². The van der Waals surface area contributed by atoms with Crippen LogP contribution in [0.4, 0.5) is 4.39 Å². The number of amides is 3. The number of nitrogens with one attached hydrogen (secondary N) is 1. The zero-order valence-electron chi connectivity index (χ0n) is 22.4. The second-order valence-electron chi connectivity index (χ2n) is 11.3. The summed E-state index contributed by atoms with van der Waals surface area (Å²) in [5.41, 5.74) is 7.32. The van der Waals surface area contributed by atoms with E-state index in [1.807, 2.05) is 30.3 Å². The van der Waals surface area contributed by atoms with Crippen molar-refractivity contribution in [1.82, 2.24) is 15.1 Å². The summed E-state index contributed by atoms with van der Waals surface area (Å²) in [6.45, 7) is 0.739. The van der Waals surface area contributed by atoms with Crippen molar-refractivity contribution >= 4 is 17.7 Å². The minimum Gasteiger partial charge on any atom is -0.350 e. The van der Waals surface area contributed by atoms with Crippen LogP contribution in [0.15, 0.2) is 54.6 Å². The SMILES string of the molecule is NC1CCC(NC(=O)C2N(C(=O)c3ccc(F)cc3)CCCN2C(=O)C(c2ccccc2)C2CCCC2)CC1. The van der Waals surface area contributed by atoms with E-state index in [1.165, 1.54) is 29.2 Å². The number of halogens is 1. The van der Waals surface area contributed by atoms with E-state index in [0.717, 1.165) is 56.9 Å². The molecular weight excluding hydrogens is 495 g/mol. The number of carbonyl (C=O) groups excluding carboxylic acids is 3. The fourth-order valence-corrected chi connectivity index (χ4v) is 6.59. The Hall–Kier alpha value is -3.26. The van der Waals surface area contributed by atoms with Crippen LogP contribution in [0.3, 0.4) is 0 Å². The van der Waals surface area contributed by atoms with E-state index in [4.69, 9.17) is 5.73 Å². The van der Waals surface area contributed by atoms with Crippen molar-refractivity contribution in [3.05, 3.63) is 71.5 Å². The maximum Gasteiger partial charge on any atom is 0.264 e. The molecule has 2 saturated carbocycles. The topological polar surface area (TPSA) is 95.7 Å². The summed E-state index contributed by atoms with van der Waals surface area (Å²) in [4.78, 5) is 45.2. The van der Waals surface area contributed by atoms with Gasteiger partial charge in [0.15, 0.2) is 6.17 Å².